The largest absolute Gasteiger partial charge is 0.0982 e. The van der Waals surface area contributed by atoms with Crippen molar-refractivity contribution in [3.8, 4) is 0 Å². The lowest BCUT2D eigenvalue weighted by Crippen LogP contribution is -2.18. The van der Waals surface area contributed by atoms with Crippen LogP contribution in [0.5, 0.6) is 0 Å². The molecule has 0 N–H and O–H groups in total. The molecule has 8 heteroatoms. The van der Waals surface area contributed by atoms with Gasteiger partial charge in [0, 0.05) is 11.5 Å². The van der Waals surface area contributed by atoms with Crippen molar-refractivity contribution in [1.29, 1.82) is 0 Å². The minimum atomic E-state index is -2.96. The lowest BCUT2D eigenvalue weighted by molar-refractivity contribution is 1.42. The molecule has 4 rings (SSSR count). The van der Waals surface area contributed by atoms with Crippen molar-refractivity contribution in [2.45, 2.75) is 11.5 Å². The molecule has 2 aromatic rings. The van der Waals surface area contributed by atoms with E-state index in [-0.39, 0.29) is 0 Å². The first-order chi connectivity index (χ1) is 14.6. The van der Waals surface area contributed by atoms with Gasteiger partial charge in [-0.05, 0) is 45.3 Å². The summed E-state index contributed by atoms with van der Waals surface area (Å²) in [5, 5.41) is 9.43. The first-order valence-corrected chi connectivity index (χ1v) is 20.9. The molecule has 0 bridgehead atoms. The Kier molecular flexibility index (Phi) is 7.38. The van der Waals surface area contributed by atoms with E-state index >= 15 is 0 Å². The molecule has 0 atom stereocenters. The number of hydrogen-bond donors (Lipinski definition) is 0. The Morgan fingerprint density at radius 3 is 1.63 bits per heavy atom. The standard InChI is InChI=1S/C22H24S8/c1-23-30(24-2,28-17-19-9-5-3-6-10-19,29-18-20-11-7-4-8-12-20)16-15-27-22(30)21-25-13-14-26-21/h3-16H,17-18H2,1-2H3. The summed E-state index contributed by atoms with van der Waals surface area (Å²) in [6.07, 6.45) is 4.67. The smallest absolute Gasteiger partial charge is 0.0698 e. The van der Waals surface area contributed by atoms with Crippen molar-refractivity contribution in [3.63, 3.8) is 0 Å². The Labute approximate surface area is 207 Å². The second-order valence-corrected chi connectivity index (χ2v) is 32.2. The van der Waals surface area contributed by atoms with Gasteiger partial charge in [0.2, 0.25) is 0 Å². The Morgan fingerprint density at radius 2 is 1.17 bits per heavy atom. The van der Waals surface area contributed by atoms with Crippen LogP contribution < -0.4 is 0 Å². The van der Waals surface area contributed by atoms with Gasteiger partial charge in [0.15, 0.2) is 0 Å². The van der Waals surface area contributed by atoms with E-state index < -0.39 is 4.42 Å². The van der Waals surface area contributed by atoms with Crippen molar-refractivity contribution in [2.75, 3.05) is 12.5 Å². The van der Waals surface area contributed by atoms with Gasteiger partial charge in [0.25, 0.3) is 0 Å². The van der Waals surface area contributed by atoms with Crippen LogP contribution in [0.15, 0.2) is 90.8 Å². The van der Waals surface area contributed by atoms with Gasteiger partial charge in [-0.2, -0.15) is 0 Å². The summed E-state index contributed by atoms with van der Waals surface area (Å²) < 4.78 is 0.0568. The van der Waals surface area contributed by atoms with E-state index in [1.807, 2.05) is 35.3 Å². The van der Waals surface area contributed by atoms with Crippen LogP contribution in [0.1, 0.15) is 11.1 Å². The predicted octanol–water partition coefficient (Wildman–Crippen LogP) is 10.4. The van der Waals surface area contributed by atoms with Crippen LogP contribution in [0.2, 0.25) is 0 Å². The van der Waals surface area contributed by atoms with Crippen LogP contribution in [0.4, 0.5) is 0 Å². The zero-order valence-electron chi connectivity index (χ0n) is 16.8. The highest BCUT2D eigenvalue weighted by atomic mass is 34.1. The Morgan fingerprint density at radius 1 is 0.667 bits per heavy atom. The number of rotatable bonds is 8. The number of thioether (sulfide) groups is 3. The van der Waals surface area contributed by atoms with E-state index in [0.29, 0.717) is 0 Å². The van der Waals surface area contributed by atoms with Gasteiger partial charge >= 0.3 is 0 Å². The molecule has 2 aliphatic rings. The topological polar surface area (TPSA) is 0 Å². The molecule has 2 aliphatic heterocycles. The molecule has 0 amide bonds. The van der Waals surface area contributed by atoms with Crippen molar-refractivity contribution in [3.05, 3.63) is 102 Å². The molecule has 0 nitrogen and oxygen atoms in total. The second kappa shape index (κ2) is 9.37. The second-order valence-electron chi connectivity index (χ2n) is 6.55. The Bertz CT molecular complexity index is 933. The summed E-state index contributed by atoms with van der Waals surface area (Å²) >= 11 is 5.73. The van der Waals surface area contributed by atoms with Gasteiger partial charge in [0.1, 0.15) is 0 Å². The van der Waals surface area contributed by atoms with Gasteiger partial charge < -0.3 is 0 Å². The van der Waals surface area contributed by atoms with Gasteiger partial charge in [-0.3, -0.25) is 0 Å². The lowest BCUT2D eigenvalue weighted by Gasteiger charge is -2.72. The van der Waals surface area contributed by atoms with Crippen molar-refractivity contribution < 1.29 is 0 Å². The minimum Gasteiger partial charge on any atom is -0.0982 e. The van der Waals surface area contributed by atoms with E-state index in [2.05, 4.69) is 138 Å². The molecule has 0 fully saturated rings. The quantitative estimate of drug-likeness (QED) is 0.299. The molecular weight excluding hydrogens is 521 g/mol. The summed E-state index contributed by atoms with van der Waals surface area (Å²) in [5.41, 5.74) is 2.79. The maximum Gasteiger partial charge on any atom is 0.0698 e. The molecule has 2 heterocycles. The lowest BCUT2D eigenvalue weighted by atomic mass is 10.2. The molecule has 0 aromatic heterocycles. The SMILES string of the molecule is CSS1(SC)(SCc2ccccc2)(SCc2ccccc2)C=CSC1=C1SC=CS1. The fraction of sp³-hybridized carbons (Fsp3) is 0.182. The molecule has 0 spiro atoms. The zero-order valence-corrected chi connectivity index (χ0v) is 23.3. The molecule has 0 aliphatic carbocycles. The Balaban J connectivity index is 1.83. The third-order valence-electron chi connectivity index (χ3n) is 4.95. The number of hydrogen-bond acceptors (Lipinski definition) is 7. The van der Waals surface area contributed by atoms with Crippen LogP contribution in [-0.4, -0.2) is 12.5 Å². The van der Waals surface area contributed by atoms with Crippen LogP contribution in [-0.2, 0) is 11.5 Å². The molecular formula is C22H24S8. The molecule has 0 saturated heterocycles. The predicted molar refractivity (Wildman–Crippen MR) is 158 cm³/mol. The van der Waals surface area contributed by atoms with Crippen LogP contribution in [0, 0.1) is 0 Å². The van der Waals surface area contributed by atoms with Crippen molar-refractivity contribution >= 4 is 82.9 Å². The third kappa shape index (κ3) is 4.09. The molecule has 2 aromatic carbocycles. The number of benzene rings is 2. The van der Waals surface area contributed by atoms with Crippen LogP contribution in [0.3, 0.4) is 0 Å². The van der Waals surface area contributed by atoms with Gasteiger partial charge in [-0.1, -0.05) is 144 Å². The Hall–Kier alpha value is 0.460. The highest BCUT2D eigenvalue weighted by Gasteiger charge is 2.65. The van der Waals surface area contributed by atoms with Crippen LogP contribution >= 0.6 is 82.9 Å². The van der Waals surface area contributed by atoms with E-state index in [0.717, 1.165) is 11.5 Å². The third-order valence-corrected chi connectivity index (χ3v) is 41.0. The van der Waals surface area contributed by atoms with Crippen LogP contribution in [0.25, 0.3) is 0 Å². The highest BCUT2D eigenvalue weighted by molar-refractivity contribution is 9.84. The molecule has 0 unspecified atom stereocenters. The normalized spacial score (nSPS) is 23.0. The maximum absolute atomic E-state index is 2.96. The highest BCUT2D eigenvalue weighted by Crippen LogP contribution is 3.23. The zero-order chi connectivity index (χ0) is 21.0. The minimum absolute atomic E-state index is 1.01. The van der Waals surface area contributed by atoms with E-state index in [4.69, 9.17) is 0 Å². The summed E-state index contributed by atoms with van der Waals surface area (Å²) in [7, 11) is 8.55. The molecule has 30 heavy (non-hydrogen) atoms. The molecule has 0 saturated carbocycles. The van der Waals surface area contributed by atoms with Gasteiger partial charge in [-0.15, -0.1) is 0 Å². The fourth-order valence-corrected chi connectivity index (χ4v) is 34.8. The van der Waals surface area contributed by atoms with Crippen molar-refractivity contribution in [2.24, 2.45) is 0 Å². The average molecular weight is 545 g/mol. The summed E-state index contributed by atoms with van der Waals surface area (Å²) in [6.45, 7) is 0. The monoisotopic (exact) mass is 544 g/mol. The first-order valence-electron chi connectivity index (χ1n) is 9.26. The van der Waals surface area contributed by atoms with Crippen molar-refractivity contribution in [1.82, 2.24) is 0 Å². The van der Waals surface area contributed by atoms with Gasteiger partial charge in [0.05, 0.1) is 8.47 Å². The molecule has 160 valence electrons. The summed E-state index contributed by atoms with van der Waals surface area (Å²) in [5.74, 6) is 2.02. The average Bonchev–Trinajstić information content (AvgIpc) is 3.47. The first kappa shape index (κ1) is 23.6. The van der Waals surface area contributed by atoms with E-state index in [1.54, 1.807) is 4.24 Å². The van der Waals surface area contributed by atoms with E-state index in [1.165, 1.54) is 15.4 Å². The van der Waals surface area contributed by atoms with Gasteiger partial charge in [-0.25, -0.2) is 0 Å². The van der Waals surface area contributed by atoms with E-state index in [9.17, 15) is 0 Å². The summed E-state index contributed by atoms with van der Waals surface area (Å²) in [4.78, 5) is 0. The fourth-order valence-electron chi connectivity index (χ4n) is 3.21. The maximum atomic E-state index is 2.60. The summed E-state index contributed by atoms with van der Waals surface area (Å²) in [6, 6.07) is 21.9. The molecule has 0 radical (unpaired) electrons.